The van der Waals surface area contributed by atoms with Gasteiger partial charge in [0.05, 0.1) is 12.5 Å². The molecule has 2 N–H and O–H groups in total. The first-order valence-electron chi connectivity index (χ1n) is 8.83. The highest BCUT2D eigenvalue weighted by Gasteiger charge is 2.22. The number of amides is 2. The standard InChI is InChI=1S/C19H25BrN4O5/c1-18(2,3)28-16(25)23-14-12-10(20)8-9-11(27-7)13(12)21-15(22-14)24-17(26)29-19(4,5)6/h8-9H,1-7H3,(H2,21,22,23,24,25,26). The number of rotatable bonds is 3. The molecule has 0 bridgehead atoms. The first-order valence-corrected chi connectivity index (χ1v) is 9.62. The van der Waals surface area contributed by atoms with Crippen LogP contribution >= 0.6 is 15.9 Å². The number of hydrogen-bond acceptors (Lipinski definition) is 7. The van der Waals surface area contributed by atoms with Crippen LogP contribution < -0.4 is 15.4 Å². The Kier molecular flexibility index (Phi) is 6.56. The molecule has 0 aliphatic carbocycles. The van der Waals surface area contributed by atoms with E-state index in [9.17, 15) is 9.59 Å². The van der Waals surface area contributed by atoms with E-state index in [0.29, 0.717) is 21.1 Å². The summed E-state index contributed by atoms with van der Waals surface area (Å²) in [5.74, 6) is 0.514. The zero-order valence-corrected chi connectivity index (χ0v) is 19.1. The summed E-state index contributed by atoms with van der Waals surface area (Å²) >= 11 is 3.44. The van der Waals surface area contributed by atoms with Crippen LogP contribution in [0.5, 0.6) is 5.75 Å². The molecule has 158 valence electrons. The summed E-state index contributed by atoms with van der Waals surface area (Å²) in [5, 5.41) is 5.57. The second-order valence-corrected chi connectivity index (χ2v) is 8.98. The van der Waals surface area contributed by atoms with Crippen molar-refractivity contribution in [3.63, 3.8) is 0 Å². The summed E-state index contributed by atoms with van der Waals surface area (Å²) in [5.41, 5.74) is -1.01. The number of benzene rings is 1. The van der Waals surface area contributed by atoms with Gasteiger partial charge in [0.15, 0.2) is 0 Å². The van der Waals surface area contributed by atoms with Crippen LogP contribution in [-0.2, 0) is 9.47 Å². The van der Waals surface area contributed by atoms with Crippen LogP contribution in [0.25, 0.3) is 10.9 Å². The Balaban J connectivity index is 2.51. The number of fused-ring (bicyclic) bond motifs is 1. The minimum atomic E-state index is -0.728. The fraction of sp³-hybridized carbons (Fsp3) is 0.474. The number of halogens is 1. The Morgan fingerprint density at radius 3 is 2.00 bits per heavy atom. The highest BCUT2D eigenvalue weighted by atomic mass is 79.9. The van der Waals surface area contributed by atoms with Gasteiger partial charge in [0.2, 0.25) is 5.95 Å². The second-order valence-electron chi connectivity index (χ2n) is 8.12. The number of carbonyl (C=O) groups is 2. The third-order valence-electron chi connectivity index (χ3n) is 3.21. The van der Waals surface area contributed by atoms with E-state index in [2.05, 4.69) is 36.5 Å². The monoisotopic (exact) mass is 468 g/mol. The van der Waals surface area contributed by atoms with Crippen molar-refractivity contribution >= 4 is 50.8 Å². The Labute approximate surface area is 177 Å². The molecule has 1 aromatic heterocycles. The molecule has 2 aromatic rings. The maximum absolute atomic E-state index is 12.3. The smallest absolute Gasteiger partial charge is 0.414 e. The van der Waals surface area contributed by atoms with Crippen molar-refractivity contribution in [2.24, 2.45) is 0 Å². The largest absolute Gasteiger partial charge is 0.494 e. The van der Waals surface area contributed by atoms with Gasteiger partial charge in [0.25, 0.3) is 0 Å². The molecule has 2 amide bonds. The van der Waals surface area contributed by atoms with Gasteiger partial charge in [-0.25, -0.2) is 14.6 Å². The molecule has 0 unspecified atom stereocenters. The van der Waals surface area contributed by atoms with E-state index in [4.69, 9.17) is 14.2 Å². The third-order valence-corrected chi connectivity index (χ3v) is 3.88. The summed E-state index contributed by atoms with van der Waals surface area (Å²) in [6, 6.07) is 3.44. The lowest BCUT2D eigenvalue weighted by Gasteiger charge is -2.21. The van der Waals surface area contributed by atoms with E-state index in [1.807, 2.05) is 0 Å². The summed E-state index contributed by atoms with van der Waals surface area (Å²) in [6.07, 6.45) is -1.43. The topological polar surface area (TPSA) is 112 Å². The lowest BCUT2D eigenvalue weighted by Crippen LogP contribution is -2.29. The molecule has 0 aliphatic rings. The molecule has 0 fully saturated rings. The molecule has 0 spiro atoms. The Morgan fingerprint density at radius 2 is 1.48 bits per heavy atom. The van der Waals surface area contributed by atoms with Crippen molar-refractivity contribution in [3.8, 4) is 5.75 Å². The van der Waals surface area contributed by atoms with Crippen LogP contribution in [-0.4, -0.2) is 40.5 Å². The fourth-order valence-electron chi connectivity index (χ4n) is 2.28. The number of nitrogens with zero attached hydrogens (tertiary/aromatic N) is 2. The molecule has 1 heterocycles. The number of anilines is 2. The number of nitrogens with one attached hydrogen (secondary N) is 2. The number of ether oxygens (including phenoxy) is 3. The van der Waals surface area contributed by atoms with Crippen molar-refractivity contribution in [1.82, 2.24) is 9.97 Å². The molecule has 29 heavy (non-hydrogen) atoms. The van der Waals surface area contributed by atoms with Crippen LogP contribution in [0.4, 0.5) is 21.4 Å². The van der Waals surface area contributed by atoms with E-state index >= 15 is 0 Å². The fourth-order valence-corrected chi connectivity index (χ4v) is 2.79. The van der Waals surface area contributed by atoms with E-state index in [0.717, 1.165) is 0 Å². The van der Waals surface area contributed by atoms with Gasteiger partial charge in [-0.3, -0.25) is 10.6 Å². The quantitative estimate of drug-likeness (QED) is 0.644. The molecule has 1 aromatic carbocycles. The van der Waals surface area contributed by atoms with Gasteiger partial charge in [-0.05, 0) is 69.6 Å². The number of methoxy groups -OCH3 is 1. The maximum Gasteiger partial charge on any atom is 0.414 e. The maximum atomic E-state index is 12.3. The molecule has 2 rings (SSSR count). The van der Waals surface area contributed by atoms with Gasteiger partial charge in [-0.2, -0.15) is 4.98 Å². The average Bonchev–Trinajstić information content (AvgIpc) is 2.51. The number of hydrogen-bond donors (Lipinski definition) is 2. The predicted molar refractivity (Wildman–Crippen MR) is 114 cm³/mol. The Hall–Kier alpha value is -2.62. The van der Waals surface area contributed by atoms with Crippen LogP contribution in [0.15, 0.2) is 16.6 Å². The van der Waals surface area contributed by atoms with Gasteiger partial charge in [-0.1, -0.05) is 0 Å². The molecule has 9 nitrogen and oxygen atoms in total. The van der Waals surface area contributed by atoms with Crippen LogP contribution in [0.1, 0.15) is 41.5 Å². The lowest BCUT2D eigenvalue weighted by atomic mass is 10.2. The van der Waals surface area contributed by atoms with E-state index in [-0.39, 0.29) is 11.8 Å². The molecule has 0 radical (unpaired) electrons. The SMILES string of the molecule is COc1ccc(Br)c2c(NC(=O)OC(C)(C)C)nc(NC(=O)OC(C)(C)C)nc12. The number of aromatic nitrogens is 2. The molecule has 0 aliphatic heterocycles. The molecule has 0 saturated heterocycles. The van der Waals surface area contributed by atoms with E-state index < -0.39 is 23.4 Å². The van der Waals surface area contributed by atoms with Gasteiger partial charge in [0, 0.05) is 4.47 Å². The Bertz CT molecular complexity index is 935. The highest BCUT2D eigenvalue weighted by molar-refractivity contribution is 9.10. The predicted octanol–water partition coefficient (Wildman–Crippen LogP) is 5.09. The van der Waals surface area contributed by atoms with Crippen molar-refractivity contribution in [3.05, 3.63) is 16.6 Å². The summed E-state index contributed by atoms with van der Waals surface area (Å²) in [4.78, 5) is 33.1. The zero-order chi connectivity index (χ0) is 22.0. The highest BCUT2D eigenvalue weighted by Crippen LogP contribution is 2.35. The minimum Gasteiger partial charge on any atom is -0.494 e. The molecular formula is C19H25BrN4O5. The number of carbonyl (C=O) groups excluding carboxylic acids is 2. The first kappa shape index (κ1) is 22.7. The molecule has 10 heteroatoms. The first-order chi connectivity index (χ1) is 13.3. The van der Waals surface area contributed by atoms with Crippen molar-refractivity contribution in [2.45, 2.75) is 52.7 Å². The van der Waals surface area contributed by atoms with Gasteiger partial charge in [0.1, 0.15) is 28.3 Å². The summed E-state index contributed by atoms with van der Waals surface area (Å²) < 4.78 is 16.5. The van der Waals surface area contributed by atoms with Crippen LogP contribution in [0, 0.1) is 0 Å². The van der Waals surface area contributed by atoms with Crippen molar-refractivity contribution < 1.29 is 23.8 Å². The lowest BCUT2D eigenvalue weighted by molar-refractivity contribution is 0.0625. The second kappa shape index (κ2) is 8.40. The van der Waals surface area contributed by atoms with Crippen molar-refractivity contribution in [1.29, 1.82) is 0 Å². The van der Waals surface area contributed by atoms with Gasteiger partial charge < -0.3 is 14.2 Å². The van der Waals surface area contributed by atoms with Crippen molar-refractivity contribution in [2.75, 3.05) is 17.7 Å². The zero-order valence-electron chi connectivity index (χ0n) is 17.5. The summed E-state index contributed by atoms with van der Waals surface area (Å²) in [7, 11) is 1.49. The molecule has 0 atom stereocenters. The van der Waals surface area contributed by atoms with Crippen LogP contribution in [0.3, 0.4) is 0 Å². The third kappa shape index (κ3) is 6.45. The Morgan fingerprint density at radius 1 is 0.931 bits per heavy atom. The summed E-state index contributed by atoms with van der Waals surface area (Å²) in [6.45, 7) is 10.5. The van der Waals surface area contributed by atoms with Gasteiger partial charge in [-0.15, -0.1) is 0 Å². The van der Waals surface area contributed by atoms with E-state index in [1.165, 1.54) is 7.11 Å². The normalized spacial score (nSPS) is 11.7. The van der Waals surface area contributed by atoms with Crippen LogP contribution in [0.2, 0.25) is 0 Å². The average molecular weight is 469 g/mol. The molecule has 0 saturated carbocycles. The van der Waals surface area contributed by atoms with Gasteiger partial charge >= 0.3 is 12.2 Å². The van der Waals surface area contributed by atoms with E-state index in [1.54, 1.807) is 53.7 Å². The minimum absolute atomic E-state index is 0.0609. The molecular weight excluding hydrogens is 444 g/mol.